The molecule has 0 aliphatic heterocycles. The summed E-state index contributed by atoms with van der Waals surface area (Å²) in [5.74, 6) is -4.21. The zero-order valence-electron chi connectivity index (χ0n) is 13.0. The van der Waals surface area contributed by atoms with Gasteiger partial charge in [0.1, 0.15) is 11.9 Å². The number of nitrogens with one attached hydrogen (secondary N) is 1. The van der Waals surface area contributed by atoms with Gasteiger partial charge in [-0.2, -0.15) is 5.26 Å². The van der Waals surface area contributed by atoms with Crippen molar-refractivity contribution in [3.63, 3.8) is 0 Å². The Morgan fingerprint density at radius 2 is 1.96 bits per heavy atom. The average molecular weight is 367 g/mol. The summed E-state index contributed by atoms with van der Waals surface area (Å²) < 4.78 is 56.7. The number of aryl methyl sites for hydroxylation is 1. The van der Waals surface area contributed by atoms with Crippen LogP contribution < -0.4 is 9.46 Å². The van der Waals surface area contributed by atoms with Gasteiger partial charge < -0.3 is 4.74 Å². The largest absolute Gasteiger partial charge is 0.436 e. The number of pyridine rings is 1. The number of hydrogen-bond acceptors (Lipinski definition) is 6. The SMILES string of the molecule is Cc1nc(Oc2cc(F)c(C(=O)NS(C)(=O)=O)cc2F)ccc1C#N. The number of benzene rings is 1. The third-order valence-electron chi connectivity index (χ3n) is 2.94. The summed E-state index contributed by atoms with van der Waals surface area (Å²) in [5, 5.41) is 8.82. The molecular weight excluding hydrogens is 356 g/mol. The molecule has 0 spiro atoms. The second-order valence-electron chi connectivity index (χ2n) is 4.96. The van der Waals surface area contributed by atoms with Crippen LogP contribution in [0.5, 0.6) is 11.6 Å². The molecule has 7 nitrogen and oxygen atoms in total. The van der Waals surface area contributed by atoms with Crippen molar-refractivity contribution in [3.05, 3.63) is 52.7 Å². The Labute approximate surface area is 141 Å². The minimum absolute atomic E-state index is 0.0804. The van der Waals surface area contributed by atoms with Crippen molar-refractivity contribution < 1.29 is 26.7 Å². The Morgan fingerprint density at radius 1 is 1.28 bits per heavy atom. The molecule has 25 heavy (non-hydrogen) atoms. The minimum atomic E-state index is -3.93. The molecule has 10 heteroatoms. The zero-order chi connectivity index (χ0) is 18.8. The fraction of sp³-hybridized carbons (Fsp3) is 0.133. The normalized spacial score (nSPS) is 10.8. The molecular formula is C15H11F2N3O4S. The minimum Gasteiger partial charge on any atom is -0.436 e. The van der Waals surface area contributed by atoms with Crippen LogP contribution in [0.4, 0.5) is 8.78 Å². The monoisotopic (exact) mass is 367 g/mol. The van der Waals surface area contributed by atoms with Gasteiger partial charge in [-0.05, 0) is 19.1 Å². The molecule has 1 N–H and O–H groups in total. The molecule has 0 fully saturated rings. The predicted octanol–water partition coefficient (Wildman–Crippen LogP) is 2.02. The average Bonchev–Trinajstić information content (AvgIpc) is 2.49. The third kappa shape index (κ3) is 4.48. The molecule has 0 unspecified atom stereocenters. The molecule has 0 aliphatic carbocycles. The van der Waals surface area contributed by atoms with Crippen LogP contribution in [0.25, 0.3) is 0 Å². The van der Waals surface area contributed by atoms with E-state index in [-0.39, 0.29) is 5.88 Å². The summed E-state index contributed by atoms with van der Waals surface area (Å²) in [6.45, 7) is 1.54. The molecule has 0 bridgehead atoms. The Bertz CT molecular complexity index is 1000. The van der Waals surface area contributed by atoms with Gasteiger partial charge in [-0.25, -0.2) is 26.9 Å². The number of aromatic nitrogens is 1. The maximum absolute atomic E-state index is 14.1. The molecule has 1 amide bonds. The number of halogens is 2. The summed E-state index contributed by atoms with van der Waals surface area (Å²) in [7, 11) is -3.93. The number of carbonyl (C=O) groups excluding carboxylic acids is 1. The van der Waals surface area contributed by atoms with Crippen LogP contribution in [-0.4, -0.2) is 25.6 Å². The van der Waals surface area contributed by atoms with E-state index in [9.17, 15) is 22.0 Å². The summed E-state index contributed by atoms with van der Waals surface area (Å²) in [4.78, 5) is 15.6. The maximum atomic E-state index is 14.1. The number of rotatable bonds is 4. The fourth-order valence-electron chi connectivity index (χ4n) is 1.83. The van der Waals surface area contributed by atoms with E-state index in [4.69, 9.17) is 10.00 Å². The molecule has 2 rings (SSSR count). The van der Waals surface area contributed by atoms with Gasteiger partial charge in [-0.15, -0.1) is 0 Å². The Balaban J connectivity index is 2.33. The van der Waals surface area contributed by atoms with Crippen LogP contribution in [0.2, 0.25) is 0 Å². The highest BCUT2D eigenvalue weighted by molar-refractivity contribution is 7.89. The van der Waals surface area contributed by atoms with E-state index in [1.165, 1.54) is 16.9 Å². The van der Waals surface area contributed by atoms with Crippen molar-refractivity contribution in [2.24, 2.45) is 0 Å². The van der Waals surface area contributed by atoms with Gasteiger partial charge in [0, 0.05) is 12.1 Å². The number of amides is 1. The van der Waals surface area contributed by atoms with Gasteiger partial charge in [-0.1, -0.05) is 0 Å². The number of nitriles is 1. The Kier molecular flexibility index (Phi) is 4.99. The van der Waals surface area contributed by atoms with Crippen molar-refractivity contribution in [2.45, 2.75) is 6.92 Å². The number of carbonyl (C=O) groups is 1. The third-order valence-corrected chi connectivity index (χ3v) is 3.50. The molecule has 0 aliphatic rings. The van der Waals surface area contributed by atoms with Gasteiger partial charge in [0.2, 0.25) is 15.9 Å². The van der Waals surface area contributed by atoms with Gasteiger partial charge in [-0.3, -0.25) is 4.79 Å². The lowest BCUT2D eigenvalue weighted by molar-refractivity contribution is 0.0977. The molecule has 1 aromatic carbocycles. The standard InChI is InChI=1S/C15H11F2N3O4S/c1-8-9(7-18)3-4-14(19-8)24-13-6-11(16)10(5-12(13)17)15(21)20-25(2,22)23/h3-6H,1-2H3,(H,20,21). The predicted molar refractivity (Wildman–Crippen MR) is 82.4 cm³/mol. The number of ether oxygens (including phenoxy) is 1. The van der Waals surface area contributed by atoms with E-state index in [1.807, 2.05) is 6.07 Å². The summed E-state index contributed by atoms with van der Waals surface area (Å²) in [6.07, 6.45) is 0.704. The first kappa shape index (κ1) is 18.3. The Morgan fingerprint density at radius 3 is 2.52 bits per heavy atom. The molecule has 2 aromatic rings. The van der Waals surface area contributed by atoms with Crippen molar-refractivity contribution in [1.82, 2.24) is 9.71 Å². The second kappa shape index (κ2) is 6.82. The highest BCUT2D eigenvalue weighted by Gasteiger charge is 2.20. The number of nitrogens with zero attached hydrogens (tertiary/aromatic N) is 2. The lowest BCUT2D eigenvalue weighted by atomic mass is 10.2. The number of sulfonamides is 1. The van der Waals surface area contributed by atoms with E-state index < -0.39 is 38.9 Å². The van der Waals surface area contributed by atoms with Crippen LogP contribution in [0.1, 0.15) is 21.6 Å². The van der Waals surface area contributed by atoms with Gasteiger partial charge >= 0.3 is 0 Å². The first-order valence-corrected chi connectivity index (χ1v) is 8.56. The molecule has 0 radical (unpaired) electrons. The van der Waals surface area contributed by atoms with Crippen LogP contribution >= 0.6 is 0 Å². The van der Waals surface area contributed by atoms with Crippen LogP contribution in [0.3, 0.4) is 0 Å². The zero-order valence-corrected chi connectivity index (χ0v) is 13.8. The topological polar surface area (TPSA) is 109 Å². The van der Waals surface area contributed by atoms with Crippen LogP contribution in [-0.2, 0) is 10.0 Å². The first-order chi connectivity index (χ1) is 11.6. The summed E-state index contributed by atoms with van der Waals surface area (Å²) in [5.41, 5.74) is -0.156. The van der Waals surface area contributed by atoms with Crippen LogP contribution in [0.15, 0.2) is 24.3 Å². The molecule has 0 atom stereocenters. The first-order valence-electron chi connectivity index (χ1n) is 6.67. The summed E-state index contributed by atoms with van der Waals surface area (Å²) >= 11 is 0. The summed E-state index contributed by atoms with van der Waals surface area (Å²) in [6, 6.07) is 5.72. The van der Waals surface area contributed by atoms with Gasteiger partial charge in [0.05, 0.1) is 23.1 Å². The van der Waals surface area contributed by atoms with E-state index in [1.54, 1.807) is 6.92 Å². The lowest BCUT2D eigenvalue weighted by Gasteiger charge is -2.09. The molecule has 1 heterocycles. The quantitative estimate of drug-likeness (QED) is 0.885. The van der Waals surface area contributed by atoms with Crippen molar-refractivity contribution in [3.8, 4) is 17.7 Å². The molecule has 0 saturated carbocycles. The van der Waals surface area contributed by atoms with Crippen molar-refractivity contribution in [1.29, 1.82) is 5.26 Å². The van der Waals surface area contributed by atoms with Crippen molar-refractivity contribution in [2.75, 3.05) is 6.26 Å². The van der Waals surface area contributed by atoms with E-state index >= 15 is 0 Å². The molecule has 0 saturated heterocycles. The van der Waals surface area contributed by atoms with Gasteiger partial charge in [0.25, 0.3) is 5.91 Å². The Hall–Kier alpha value is -3.06. The molecule has 130 valence electrons. The smallest absolute Gasteiger partial charge is 0.267 e. The van der Waals surface area contributed by atoms with E-state index in [2.05, 4.69) is 4.98 Å². The highest BCUT2D eigenvalue weighted by Crippen LogP contribution is 2.26. The van der Waals surface area contributed by atoms with E-state index in [0.29, 0.717) is 29.6 Å². The second-order valence-corrected chi connectivity index (χ2v) is 6.71. The van der Waals surface area contributed by atoms with E-state index in [0.717, 1.165) is 0 Å². The molecule has 1 aromatic heterocycles. The number of hydrogen-bond donors (Lipinski definition) is 1. The highest BCUT2D eigenvalue weighted by atomic mass is 32.2. The maximum Gasteiger partial charge on any atom is 0.267 e. The van der Waals surface area contributed by atoms with Crippen LogP contribution in [0, 0.1) is 29.9 Å². The van der Waals surface area contributed by atoms with Crippen molar-refractivity contribution >= 4 is 15.9 Å². The van der Waals surface area contributed by atoms with Gasteiger partial charge in [0.15, 0.2) is 11.6 Å². The fourth-order valence-corrected chi connectivity index (χ4v) is 2.28. The lowest BCUT2D eigenvalue weighted by Crippen LogP contribution is -2.30.